The molecular weight excluding hydrogens is 346 g/mol. The van der Waals surface area contributed by atoms with Gasteiger partial charge in [0.2, 0.25) is 10.0 Å². The van der Waals surface area contributed by atoms with Crippen LogP contribution in [0.4, 0.5) is 0 Å². The highest BCUT2D eigenvalue weighted by molar-refractivity contribution is 7.89. The summed E-state index contributed by atoms with van der Waals surface area (Å²) in [6, 6.07) is 7.11. The summed E-state index contributed by atoms with van der Waals surface area (Å²) in [4.78, 5) is 0.371. The van der Waals surface area contributed by atoms with E-state index in [1.165, 1.54) is 37.7 Å². The smallest absolute Gasteiger partial charge is 0.243 e. The van der Waals surface area contributed by atoms with Crippen molar-refractivity contribution in [1.29, 1.82) is 0 Å². The fourth-order valence-electron chi connectivity index (χ4n) is 4.79. The number of hydrogen-bond donors (Lipinski definition) is 0. The molecule has 0 radical (unpaired) electrons. The zero-order valence-electron chi connectivity index (χ0n) is 15.6. The number of benzene rings is 1. The van der Waals surface area contributed by atoms with E-state index in [0.29, 0.717) is 23.9 Å². The number of hydrogen-bond acceptors (Lipinski definition) is 3. The first-order chi connectivity index (χ1) is 12.4. The molecule has 0 amide bonds. The molecule has 4 rings (SSSR count). The molecule has 1 aliphatic carbocycles. The van der Waals surface area contributed by atoms with Crippen LogP contribution in [0.3, 0.4) is 0 Å². The fourth-order valence-corrected chi connectivity index (χ4v) is 6.27. The maximum absolute atomic E-state index is 13.0. The molecule has 0 spiro atoms. The second-order valence-corrected chi connectivity index (χ2v) is 10.2. The van der Waals surface area contributed by atoms with Gasteiger partial charge in [0.05, 0.1) is 17.1 Å². The molecule has 26 heavy (non-hydrogen) atoms. The molecule has 1 aromatic rings. The fraction of sp³-hybridized carbons (Fsp3) is 0.619. The predicted molar refractivity (Wildman–Crippen MR) is 102 cm³/mol. The Labute approximate surface area is 157 Å². The topological polar surface area (TPSA) is 46.6 Å². The highest BCUT2D eigenvalue weighted by atomic mass is 32.2. The van der Waals surface area contributed by atoms with Crippen LogP contribution in [0, 0.1) is 18.8 Å². The van der Waals surface area contributed by atoms with E-state index in [0.717, 1.165) is 12.0 Å². The van der Waals surface area contributed by atoms with Crippen molar-refractivity contribution in [1.82, 2.24) is 4.31 Å². The second kappa shape index (κ2) is 7.10. The lowest BCUT2D eigenvalue weighted by Gasteiger charge is -2.39. The van der Waals surface area contributed by atoms with Gasteiger partial charge in [-0.15, -0.1) is 0 Å². The molecule has 3 atom stereocenters. The third kappa shape index (κ3) is 3.37. The minimum Gasteiger partial charge on any atom is -0.372 e. The Morgan fingerprint density at radius 1 is 1.04 bits per heavy atom. The second-order valence-electron chi connectivity index (χ2n) is 8.22. The summed E-state index contributed by atoms with van der Waals surface area (Å²) >= 11 is 0. The first kappa shape index (κ1) is 18.2. The Hall–Kier alpha value is -1.17. The first-order valence-electron chi connectivity index (χ1n) is 9.85. The van der Waals surface area contributed by atoms with E-state index in [2.05, 4.69) is 6.58 Å². The van der Waals surface area contributed by atoms with E-state index < -0.39 is 10.0 Å². The van der Waals surface area contributed by atoms with Gasteiger partial charge in [0.15, 0.2) is 0 Å². The highest BCUT2D eigenvalue weighted by Crippen LogP contribution is 2.41. The van der Waals surface area contributed by atoms with Crippen LogP contribution in [0.1, 0.15) is 44.1 Å². The molecule has 4 nitrogen and oxygen atoms in total. The normalized spacial score (nSPS) is 31.1. The number of sulfonamides is 1. The summed E-state index contributed by atoms with van der Waals surface area (Å²) < 4.78 is 34.1. The largest absolute Gasteiger partial charge is 0.372 e. The zero-order chi connectivity index (χ0) is 18.3. The van der Waals surface area contributed by atoms with Crippen LogP contribution >= 0.6 is 0 Å². The van der Waals surface area contributed by atoms with Crippen LogP contribution in [0.2, 0.25) is 0 Å². The lowest BCUT2D eigenvalue weighted by Crippen LogP contribution is -2.40. The van der Waals surface area contributed by atoms with Gasteiger partial charge in [-0.3, -0.25) is 0 Å². The van der Waals surface area contributed by atoms with Crippen molar-refractivity contribution in [2.75, 3.05) is 13.1 Å². The van der Waals surface area contributed by atoms with E-state index in [1.54, 1.807) is 16.4 Å². The summed E-state index contributed by atoms with van der Waals surface area (Å²) in [6.07, 6.45) is 7.47. The molecule has 0 bridgehead atoms. The number of nitrogens with zero attached hydrogens (tertiary/aromatic N) is 1. The van der Waals surface area contributed by atoms with E-state index >= 15 is 0 Å². The Balaban J connectivity index is 1.49. The van der Waals surface area contributed by atoms with E-state index in [9.17, 15) is 8.42 Å². The summed E-state index contributed by atoms with van der Waals surface area (Å²) in [6.45, 7) is 7.21. The predicted octanol–water partition coefficient (Wildman–Crippen LogP) is 3.91. The maximum atomic E-state index is 13.0. The third-order valence-electron chi connectivity index (χ3n) is 6.40. The molecule has 1 aromatic carbocycles. The van der Waals surface area contributed by atoms with Crippen molar-refractivity contribution in [2.45, 2.75) is 62.6 Å². The molecule has 3 fully saturated rings. The summed E-state index contributed by atoms with van der Waals surface area (Å²) in [7, 11) is -3.47. The van der Waals surface area contributed by atoms with Gasteiger partial charge in [-0.1, -0.05) is 49.1 Å². The molecule has 2 aliphatic heterocycles. The van der Waals surface area contributed by atoms with E-state index in [1.807, 2.05) is 19.1 Å². The average Bonchev–Trinajstić information content (AvgIpc) is 3.08. The highest BCUT2D eigenvalue weighted by Gasteiger charge is 2.46. The van der Waals surface area contributed by atoms with Gasteiger partial charge in [-0.2, -0.15) is 4.31 Å². The van der Waals surface area contributed by atoms with E-state index in [4.69, 9.17) is 4.74 Å². The van der Waals surface area contributed by atoms with Crippen LogP contribution in [-0.2, 0) is 14.8 Å². The summed E-state index contributed by atoms with van der Waals surface area (Å²) in [5.41, 5.74) is 2.24. The first-order valence-corrected chi connectivity index (χ1v) is 11.3. The van der Waals surface area contributed by atoms with Gasteiger partial charge in [0.25, 0.3) is 0 Å². The molecule has 3 aliphatic rings. The molecule has 0 aromatic heterocycles. The number of aryl methyl sites for hydroxylation is 1. The molecule has 5 heteroatoms. The Bertz CT molecular complexity index is 765. The third-order valence-corrected chi connectivity index (χ3v) is 8.25. The van der Waals surface area contributed by atoms with Crippen molar-refractivity contribution in [2.24, 2.45) is 11.8 Å². The van der Waals surface area contributed by atoms with Gasteiger partial charge < -0.3 is 4.74 Å². The average molecular weight is 376 g/mol. The molecule has 1 saturated carbocycles. The van der Waals surface area contributed by atoms with Crippen molar-refractivity contribution < 1.29 is 13.2 Å². The Kier molecular flexibility index (Phi) is 4.97. The monoisotopic (exact) mass is 375 g/mol. The molecule has 2 saturated heterocycles. The van der Waals surface area contributed by atoms with Crippen LogP contribution in [0.25, 0.3) is 0 Å². The number of ether oxygens (including phenoxy) is 1. The summed E-state index contributed by atoms with van der Waals surface area (Å²) in [5, 5.41) is 0. The van der Waals surface area contributed by atoms with Gasteiger partial charge in [0, 0.05) is 19.0 Å². The van der Waals surface area contributed by atoms with Crippen LogP contribution < -0.4 is 0 Å². The van der Waals surface area contributed by atoms with Gasteiger partial charge in [0.1, 0.15) is 0 Å². The molecule has 3 unspecified atom stereocenters. The summed E-state index contributed by atoms with van der Waals surface area (Å²) in [5.74, 6) is 0.749. The minimum absolute atomic E-state index is 0.0385. The minimum atomic E-state index is -3.47. The van der Waals surface area contributed by atoms with Gasteiger partial charge in [-0.25, -0.2) is 8.42 Å². The van der Waals surface area contributed by atoms with Crippen molar-refractivity contribution >= 4 is 10.0 Å². The Morgan fingerprint density at radius 3 is 2.42 bits per heavy atom. The quantitative estimate of drug-likeness (QED) is 0.753. The van der Waals surface area contributed by atoms with Gasteiger partial charge >= 0.3 is 0 Å². The van der Waals surface area contributed by atoms with E-state index in [-0.39, 0.29) is 18.1 Å². The molecular formula is C21H29NO3S. The molecule has 0 N–H and O–H groups in total. The molecule has 142 valence electrons. The zero-order valence-corrected chi connectivity index (χ0v) is 16.4. The number of fused-ring (bicyclic) bond motifs is 1. The molecule has 2 heterocycles. The maximum Gasteiger partial charge on any atom is 0.243 e. The number of rotatable bonds is 3. The van der Waals surface area contributed by atoms with Gasteiger partial charge in [-0.05, 0) is 44.2 Å². The van der Waals surface area contributed by atoms with Crippen LogP contribution in [0.15, 0.2) is 41.3 Å². The van der Waals surface area contributed by atoms with Crippen molar-refractivity contribution in [3.05, 3.63) is 42.0 Å². The SMILES string of the molecule is C=C1CC(C2CCCCC2)OC2CN(S(=O)(=O)c3ccc(C)cc3)CC12. The lowest BCUT2D eigenvalue weighted by atomic mass is 9.79. The van der Waals surface area contributed by atoms with Crippen molar-refractivity contribution in [3.63, 3.8) is 0 Å². The van der Waals surface area contributed by atoms with Crippen molar-refractivity contribution in [3.8, 4) is 0 Å². The lowest BCUT2D eigenvalue weighted by molar-refractivity contribution is -0.0749. The van der Waals surface area contributed by atoms with Crippen LogP contribution in [0.5, 0.6) is 0 Å². The standard InChI is InChI=1S/C21H29NO3S/c1-15-8-10-18(11-9-15)26(23,24)22-13-19-16(2)12-20(25-21(19)14-22)17-6-4-3-5-7-17/h8-11,17,19-21H,2-7,12-14H2,1H3. The Morgan fingerprint density at radius 2 is 1.73 bits per heavy atom. The van der Waals surface area contributed by atoms with Crippen LogP contribution in [-0.4, -0.2) is 38.0 Å².